The minimum atomic E-state index is -0.235. The van der Waals surface area contributed by atoms with Crippen LogP contribution in [-0.2, 0) is 9.59 Å². The zero-order chi connectivity index (χ0) is 19.1. The number of amides is 2. The molecule has 0 saturated heterocycles. The van der Waals surface area contributed by atoms with Crippen molar-refractivity contribution >= 4 is 46.4 Å². The van der Waals surface area contributed by atoms with Gasteiger partial charge in [0, 0.05) is 17.9 Å². The maximum absolute atomic E-state index is 12.5. The van der Waals surface area contributed by atoms with E-state index in [1.54, 1.807) is 35.0 Å². The van der Waals surface area contributed by atoms with E-state index in [4.69, 9.17) is 23.2 Å². The fourth-order valence-electron chi connectivity index (χ4n) is 2.50. The molecule has 0 aliphatic heterocycles. The molecule has 0 saturated carbocycles. The smallest absolute Gasteiger partial charge is 0.241 e. The van der Waals surface area contributed by atoms with Gasteiger partial charge in [0.2, 0.25) is 11.8 Å². The third-order valence-corrected chi connectivity index (χ3v) is 4.45. The van der Waals surface area contributed by atoms with E-state index in [0.29, 0.717) is 22.3 Å². The predicted octanol–water partition coefficient (Wildman–Crippen LogP) is 3.92. The molecule has 0 radical (unpaired) electrons. The Hall–Kier alpha value is -2.08. The number of hydrogen-bond donors (Lipinski definition) is 1. The van der Waals surface area contributed by atoms with Crippen LogP contribution in [0.25, 0.3) is 0 Å². The molecule has 0 atom stereocenters. The Morgan fingerprint density at radius 3 is 2.31 bits per heavy atom. The minimum Gasteiger partial charge on any atom is -0.325 e. The van der Waals surface area contributed by atoms with Crippen molar-refractivity contribution in [1.82, 2.24) is 4.90 Å². The Balaban J connectivity index is 1.90. The van der Waals surface area contributed by atoms with E-state index in [1.165, 1.54) is 0 Å². The molecule has 7 heteroatoms. The maximum atomic E-state index is 12.5. The summed E-state index contributed by atoms with van der Waals surface area (Å²) in [6.45, 7) is 2.70. The fourth-order valence-corrected chi connectivity index (χ4v) is 2.80. The summed E-state index contributed by atoms with van der Waals surface area (Å²) in [4.78, 5) is 28.0. The molecule has 26 heavy (non-hydrogen) atoms. The fraction of sp³-hybridized carbons (Fsp3) is 0.263. The van der Waals surface area contributed by atoms with Crippen molar-refractivity contribution in [3.63, 3.8) is 0 Å². The van der Waals surface area contributed by atoms with Crippen LogP contribution in [0, 0.1) is 0 Å². The number of nitrogens with zero attached hydrogens (tertiary/aromatic N) is 2. The molecule has 0 bridgehead atoms. The first kappa shape index (κ1) is 20.2. The number of nitrogens with one attached hydrogen (secondary N) is 1. The standard InChI is InChI=1S/C19H21Cl2N3O2/c1-3-24(15-7-5-4-6-8-15)19(26)13-23(2)12-18(25)22-14-9-10-16(20)17(21)11-14/h4-11H,3,12-13H2,1-2H3,(H,22,25). The highest BCUT2D eigenvalue weighted by atomic mass is 35.5. The van der Waals surface area contributed by atoms with Crippen LogP contribution in [0.15, 0.2) is 48.5 Å². The van der Waals surface area contributed by atoms with E-state index >= 15 is 0 Å². The predicted molar refractivity (Wildman–Crippen MR) is 107 cm³/mol. The van der Waals surface area contributed by atoms with Crippen molar-refractivity contribution < 1.29 is 9.59 Å². The molecule has 0 spiro atoms. The highest BCUT2D eigenvalue weighted by molar-refractivity contribution is 6.42. The molecule has 5 nitrogen and oxygen atoms in total. The highest BCUT2D eigenvalue weighted by Crippen LogP contribution is 2.24. The van der Waals surface area contributed by atoms with Crippen LogP contribution in [0.5, 0.6) is 0 Å². The molecule has 2 aromatic rings. The number of carbonyl (C=O) groups excluding carboxylic acids is 2. The zero-order valence-corrected chi connectivity index (χ0v) is 16.2. The van der Waals surface area contributed by atoms with Gasteiger partial charge in [-0.3, -0.25) is 14.5 Å². The quantitative estimate of drug-likeness (QED) is 0.775. The molecular formula is C19H21Cl2N3O2. The van der Waals surface area contributed by atoms with E-state index in [0.717, 1.165) is 5.69 Å². The maximum Gasteiger partial charge on any atom is 0.241 e. The number of benzene rings is 2. The largest absolute Gasteiger partial charge is 0.325 e. The van der Waals surface area contributed by atoms with E-state index in [2.05, 4.69) is 5.32 Å². The molecule has 0 aliphatic carbocycles. The lowest BCUT2D eigenvalue weighted by Gasteiger charge is -2.24. The van der Waals surface area contributed by atoms with Gasteiger partial charge in [-0.1, -0.05) is 41.4 Å². The summed E-state index contributed by atoms with van der Waals surface area (Å²) in [6, 6.07) is 14.3. The Morgan fingerprint density at radius 2 is 1.69 bits per heavy atom. The van der Waals surface area contributed by atoms with Crippen LogP contribution in [0.2, 0.25) is 10.0 Å². The third-order valence-electron chi connectivity index (χ3n) is 3.71. The Kier molecular flexibility index (Phi) is 7.45. The summed E-state index contributed by atoms with van der Waals surface area (Å²) in [5, 5.41) is 3.53. The second-order valence-electron chi connectivity index (χ2n) is 5.82. The van der Waals surface area contributed by atoms with E-state index in [1.807, 2.05) is 37.3 Å². The van der Waals surface area contributed by atoms with Gasteiger partial charge in [0.25, 0.3) is 0 Å². The van der Waals surface area contributed by atoms with Crippen molar-refractivity contribution in [2.75, 3.05) is 36.9 Å². The minimum absolute atomic E-state index is 0.0662. The van der Waals surface area contributed by atoms with E-state index < -0.39 is 0 Å². The topological polar surface area (TPSA) is 52.7 Å². The highest BCUT2D eigenvalue weighted by Gasteiger charge is 2.17. The van der Waals surface area contributed by atoms with Crippen molar-refractivity contribution in [3.8, 4) is 0 Å². The molecule has 0 unspecified atom stereocenters. The summed E-state index contributed by atoms with van der Waals surface area (Å²) in [5.41, 5.74) is 1.40. The van der Waals surface area contributed by atoms with Crippen LogP contribution in [0.4, 0.5) is 11.4 Å². The zero-order valence-electron chi connectivity index (χ0n) is 14.7. The van der Waals surface area contributed by atoms with Gasteiger partial charge < -0.3 is 10.2 Å². The molecule has 2 rings (SSSR count). The number of rotatable bonds is 7. The van der Waals surface area contributed by atoms with E-state index in [9.17, 15) is 9.59 Å². The lowest BCUT2D eigenvalue weighted by Crippen LogP contribution is -2.41. The number of para-hydroxylation sites is 1. The van der Waals surface area contributed by atoms with Crippen molar-refractivity contribution in [1.29, 1.82) is 0 Å². The van der Waals surface area contributed by atoms with Crippen LogP contribution in [-0.4, -0.2) is 43.4 Å². The van der Waals surface area contributed by atoms with Crippen molar-refractivity contribution in [3.05, 3.63) is 58.6 Å². The van der Waals surface area contributed by atoms with Gasteiger partial charge in [0.1, 0.15) is 0 Å². The Morgan fingerprint density at radius 1 is 1.00 bits per heavy atom. The van der Waals surface area contributed by atoms with Gasteiger partial charge in [-0.05, 0) is 44.3 Å². The van der Waals surface area contributed by atoms with Gasteiger partial charge in [-0.15, -0.1) is 0 Å². The molecule has 0 aromatic heterocycles. The monoisotopic (exact) mass is 393 g/mol. The first-order chi connectivity index (χ1) is 12.4. The lowest BCUT2D eigenvalue weighted by molar-refractivity contribution is -0.121. The van der Waals surface area contributed by atoms with Gasteiger partial charge >= 0.3 is 0 Å². The molecule has 2 amide bonds. The average Bonchev–Trinajstić information content (AvgIpc) is 2.59. The van der Waals surface area contributed by atoms with Crippen LogP contribution < -0.4 is 10.2 Å². The first-order valence-electron chi connectivity index (χ1n) is 8.19. The molecule has 1 N–H and O–H groups in total. The number of carbonyl (C=O) groups is 2. The SMILES string of the molecule is CCN(C(=O)CN(C)CC(=O)Nc1ccc(Cl)c(Cl)c1)c1ccccc1. The average molecular weight is 394 g/mol. The molecular weight excluding hydrogens is 373 g/mol. The number of likely N-dealkylation sites (N-methyl/N-ethyl adjacent to an activating group) is 2. The first-order valence-corrected chi connectivity index (χ1v) is 8.95. The molecule has 138 valence electrons. The molecule has 2 aromatic carbocycles. The molecule has 0 aliphatic rings. The molecule has 0 heterocycles. The number of halogens is 2. The third kappa shape index (κ3) is 5.73. The number of anilines is 2. The normalized spacial score (nSPS) is 10.7. The Labute approximate surface area is 163 Å². The Bertz CT molecular complexity index is 769. The van der Waals surface area contributed by atoms with Crippen LogP contribution >= 0.6 is 23.2 Å². The van der Waals surface area contributed by atoms with Crippen molar-refractivity contribution in [2.24, 2.45) is 0 Å². The van der Waals surface area contributed by atoms with Gasteiger partial charge in [-0.2, -0.15) is 0 Å². The second-order valence-corrected chi connectivity index (χ2v) is 6.64. The summed E-state index contributed by atoms with van der Waals surface area (Å²) in [6.07, 6.45) is 0. The van der Waals surface area contributed by atoms with Crippen molar-refractivity contribution in [2.45, 2.75) is 6.92 Å². The summed E-state index contributed by atoms with van der Waals surface area (Å²) >= 11 is 11.8. The van der Waals surface area contributed by atoms with Crippen LogP contribution in [0.1, 0.15) is 6.92 Å². The van der Waals surface area contributed by atoms with Crippen LogP contribution in [0.3, 0.4) is 0 Å². The van der Waals surface area contributed by atoms with Gasteiger partial charge in [0.15, 0.2) is 0 Å². The van der Waals surface area contributed by atoms with Gasteiger partial charge in [-0.25, -0.2) is 0 Å². The second kappa shape index (κ2) is 9.57. The van der Waals surface area contributed by atoms with Gasteiger partial charge in [0.05, 0.1) is 23.1 Å². The lowest BCUT2D eigenvalue weighted by atomic mass is 10.2. The summed E-state index contributed by atoms with van der Waals surface area (Å²) in [5.74, 6) is -0.301. The number of hydrogen-bond acceptors (Lipinski definition) is 3. The van der Waals surface area contributed by atoms with E-state index in [-0.39, 0.29) is 24.9 Å². The molecule has 0 fully saturated rings. The summed E-state index contributed by atoms with van der Waals surface area (Å²) < 4.78 is 0. The summed E-state index contributed by atoms with van der Waals surface area (Å²) in [7, 11) is 1.73.